The summed E-state index contributed by atoms with van der Waals surface area (Å²) in [5, 5.41) is 3.68. The fourth-order valence-corrected chi connectivity index (χ4v) is 3.28. The topological polar surface area (TPSA) is 38.3 Å². The molecule has 3 nitrogen and oxygen atoms in total. The van der Waals surface area contributed by atoms with Gasteiger partial charge in [-0.1, -0.05) is 18.2 Å². The largest absolute Gasteiger partial charge is 0.494 e. The SMILES string of the molecule is CCOc1ccccc1C1CS(=O)C(C)CN1. The van der Waals surface area contributed by atoms with Crippen LogP contribution in [-0.4, -0.2) is 28.4 Å². The molecule has 1 aliphatic rings. The van der Waals surface area contributed by atoms with Gasteiger partial charge >= 0.3 is 0 Å². The highest BCUT2D eigenvalue weighted by Crippen LogP contribution is 2.28. The van der Waals surface area contributed by atoms with Gasteiger partial charge in [-0.25, -0.2) is 0 Å². The van der Waals surface area contributed by atoms with E-state index in [-0.39, 0.29) is 11.3 Å². The van der Waals surface area contributed by atoms with Crippen LogP contribution < -0.4 is 10.1 Å². The van der Waals surface area contributed by atoms with E-state index in [4.69, 9.17) is 4.74 Å². The zero-order valence-corrected chi connectivity index (χ0v) is 11.1. The fourth-order valence-electron chi connectivity index (χ4n) is 2.04. The Balaban J connectivity index is 2.19. The second kappa shape index (κ2) is 5.65. The van der Waals surface area contributed by atoms with E-state index < -0.39 is 10.8 Å². The van der Waals surface area contributed by atoms with Crippen LogP contribution in [0.1, 0.15) is 25.5 Å². The van der Waals surface area contributed by atoms with Crippen molar-refractivity contribution in [3.63, 3.8) is 0 Å². The lowest BCUT2D eigenvalue weighted by atomic mass is 10.1. The Kier molecular flexibility index (Phi) is 4.18. The number of ether oxygens (including phenoxy) is 1. The molecule has 2 rings (SSSR count). The van der Waals surface area contributed by atoms with Crippen molar-refractivity contribution in [3.8, 4) is 5.75 Å². The first-order valence-corrected chi connectivity index (χ1v) is 7.43. The summed E-state index contributed by atoms with van der Waals surface area (Å²) < 4.78 is 17.5. The zero-order valence-electron chi connectivity index (χ0n) is 10.3. The lowest BCUT2D eigenvalue weighted by Crippen LogP contribution is -2.41. The normalized spacial score (nSPS) is 28.9. The van der Waals surface area contributed by atoms with E-state index >= 15 is 0 Å². The van der Waals surface area contributed by atoms with E-state index in [0.717, 1.165) is 17.9 Å². The van der Waals surface area contributed by atoms with E-state index in [0.29, 0.717) is 12.4 Å². The molecule has 4 heteroatoms. The molecule has 3 atom stereocenters. The van der Waals surface area contributed by atoms with Crippen LogP contribution in [0.3, 0.4) is 0 Å². The summed E-state index contributed by atoms with van der Waals surface area (Å²) in [5.74, 6) is 1.57. The molecule has 1 N–H and O–H groups in total. The second-order valence-corrected chi connectivity index (χ2v) is 6.19. The van der Waals surface area contributed by atoms with E-state index in [1.807, 2.05) is 32.0 Å². The van der Waals surface area contributed by atoms with Crippen LogP contribution in [0.4, 0.5) is 0 Å². The number of hydrogen-bond acceptors (Lipinski definition) is 3. The zero-order chi connectivity index (χ0) is 12.3. The first kappa shape index (κ1) is 12.6. The molecule has 0 bridgehead atoms. The van der Waals surface area contributed by atoms with Crippen LogP contribution in [0.15, 0.2) is 24.3 Å². The third-order valence-corrected chi connectivity index (χ3v) is 4.75. The van der Waals surface area contributed by atoms with Gasteiger partial charge in [0.25, 0.3) is 0 Å². The molecular weight excluding hydrogens is 234 g/mol. The van der Waals surface area contributed by atoms with Gasteiger partial charge in [0.15, 0.2) is 0 Å². The van der Waals surface area contributed by atoms with Crippen molar-refractivity contribution in [1.82, 2.24) is 5.32 Å². The van der Waals surface area contributed by atoms with Gasteiger partial charge in [-0.05, 0) is 19.9 Å². The summed E-state index contributed by atoms with van der Waals surface area (Å²) in [7, 11) is -0.746. The number of para-hydroxylation sites is 1. The molecule has 0 saturated carbocycles. The van der Waals surface area contributed by atoms with Gasteiger partial charge in [-0.15, -0.1) is 0 Å². The van der Waals surface area contributed by atoms with Crippen molar-refractivity contribution in [1.29, 1.82) is 0 Å². The minimum Gasteiger partial charge on any atom is -0.494 e. The predicted molar refractivity (Wildman–Crippen MR) is 70.8 cm³/mol. The monoisotopic (exact) mass is 253 g/mol. The van der Waals surface area contributed by atoms with E-state index in [1.165, 1.54) is 0 Å². The van der Waals surface area contributed by atoms with Gasteiger partial charge in [0, 0.05) is 40.0 Å². The van der Waals surface area contributed by atoms with Crippen LogP contribution in [0.2, 0.25) is 0 Å². The fraction of sp³-hybridized carbons (Fsp3) is 0.538. The molecule has 17 heavy (non-hydrogen) atoms. The quantitative estimate of drug-likeness (QED) is 0.893. The Hall–Kier alpha value is -0.870. The lowest BCUT2D eigenvalue weighted by molar-refractivity contribution is 0.332. The van der Waals surface area contributed by atoms with Gasteiger partial charge in [0.05, 0.1) is 6.61 Å². The molecule has 1 saturated heterocycles. The molecule has 1 aromatic carbocycles. The molecule has 0 aliphatic carbocycles. The van der Waals surface area contributed by atoms with E-state index in [2.05, 4.69) is 11.4 Å². The molecule has 0 aromatic heterocycles. The van der Waals surface area contributed by atoms with Gasteiger partial charge in [-0.2, -0.15) is 0 Å². The van der Waals surface area contributed by atoms with Gasteiger partial charge in [-0.3, -0.25) is 4.21 Å². The first-order chi connectivity index (χ1) is 8.22. The molecule has 1 aliphatic heterocycles. The van der Waals surface area contributed by atoms with Crippen LogP contribution in [0, 0.1) is 0 Å². The average molecular weight is 253 g/mol. The lowest BCUT2D eigenvalue weighted by Gasteiger charge is -2.28. The first-order valence-electron chi connectivity index (χ1n) is 6.04. The van der Waals surface area contributed by atoms with Crippen LogP contribution >= 0.6 is 0 Å². The summed E-state index contributed by atoms with van der Waals surface area (Å²) in [4.78, 5) is 0. The second-order valence-electron chi connectivity index (χ2n) is 4.29. The minimum absolute atomic E-state index is 0.148. The maximum Gasteiger partial charge on any atom is 0.124 e. The van der Waals surface area contributed by atoms with Gasteiger partial charge < -0.3 is 10.1 Å². The smallest absolute Gasteiger partial charge is 0.124 e. The average Bonchev–Trinajstić information content (AvgIpc) is 2.34. The minimum atomic E-state index is -0.746. The van der Waals surface area contributed by atoms with E-state index in [1.54, 1.807) is 0 Å². The highest BCUT2D eigenvalue weighted by molar-refractivity contribution is 7.85. The van der Waals surface area contributed by atoms with Crippen LogP contribution in [0.5, 0.6) is 5.75 Å². The van der Waals surface area contributed by atoms with Crippen molar-refractivity contribution in [2.75, 3.05) is 18.9 Å². The maximum atomic E-state index is 11.9. The molecule has 1 fully saturated rings. The number of benzene rings is 1. The number of hydrogen-bond donors (Lipinski definition) is 1. The molecule has 1 heterocycles. The van der Waals surface area contributed by atoms with Crippen molar-refractivity contribution in [2.24, 2.45) is 0 Å². The van der Waals surface area contributed by atoms with Crippen molar-refractivity contribution in [3.05, 3.63) is 29.8 Å². The Bertz CT molecular complexity index is 408. The summed E-state index contributed by atoms with van der Waals surface area (Å²) in [6, 6.07) is 8.14. The molecular formula is C13H19NO2S. The van der Waals surface area contributed by atoms with Gasteiger partial charge in [0.2, 0.25) is 0 Å². The predicted octanol–water partition coefficient (Wildman–Crippen LogP) is 1.87. The summed E-state index contributed by atoms with van der Waals surface area (Å²) in [6.07, 6.45) is 0. The number of rotatable bonds is 3. The third-order valence-electron chi connectivity index (χ3n) is 3.03. The third kappa shape index (κ3) is 2.87. The van der Waals surface area contributed by atoms with Crippen LogP contribution in [-0.2, 0) is 10.8 Å². The molecule has 0 radical (unpaired) electrons. The van der Waals surface area contributed by atoms with Gasteiger partial charge in [0.1, 0.15) is 5.75 Å². The Morgan fingerprint density at radius 1 is 1.47 bits per heavy atom. The molecule has 0 spiro atoms. The Morgan fingerprint density at radius 3 is 2.94 bits per heavy atom. The van der Waals surface area contributed by atoms with Crippen molar-refractivity contribution >= 4 is 10.8 Å². The maximum absolute atomic E-state index is 11.9. The molecule has 0 amide bonds. The summed E-state index contributed by atoms with van der Waals surface area (Å²) in [6.45, 7) is 5.46. The van der Waals surface area contributed by atoms with Crippen LogP contribution in [0.25, 0.3) is 0 Å². The molecule has 3 unspecified atom stereocenters. The number of nitrogens with one attached hydrogen (secondary N) is 1. The van der Waals surface area contributed by atoms with Crippen molar-refractivity contribution < 1.29 is 8.95 Å². The Morgan fingerprint density at radius 2 is 2.24 bits per heavy atom. The summed E-state index contributed by atoms with van der Waals surface area (Å²) >= 11 is 0. The molecule has 94 valence electrons. The highest BCUT2D eigenvalue weighted by Gasteiger charge is 2.26. The Labute approximate surface area is 105 Å². The molecule has 1 aromatic rings. The van der Waals surface area contributed by atoms with Crippen molar-refractivity contribution in [2.45, 2.75) is 25.1 Å². The van der Waals surface area contributed by atoms with E-state index in [9.17, 15) is 4.21 Å². The highest BCUT2D eigenvalue weighted by atomic mass is 32.2. The standard InChI is InChI=1S/C13H19NO2S/c1-3-16-13-7-5-4-6-11(13)12-9-17(15)10(2)8-14-12/h4-7,10,12,14H,3,8-9H2,1-2H3. The summed E-state index contributed by atoms with van der Waals surface area (Å²) in [5.41, 5.74) is 1.12.